The van der Waals surface area contributed by atoms with Gasteiger partial charge in [0, 0.05) is 0 Å². The highest BCUT2D eigenvalue weighted by Crippen LogP contribution is 2.36. The van der Waals surface area contributed by atoms with Crippen molar-refractivity contribution in [2.24, 2.45) is 0 Å². The summed E-state index contributed by atoms with van der Waals surface area (Å²) in [5, 5.41) is 0. The lowest BCUT2D eigenvalue weighted by molar-refractivity contribution is 0.0395. The molecule has 0 aliphatic carbocycles. The molecule has 3 nitrogen and oxygen atoms in total. The molecule has 0 unspecified atom stereocenters. The van der Waals surface area contributed by atoms with E-state index in [2.05, 4.69) is 69.2 Å². The first-order chi connectivity index (χ1) is 23.7. The van der Waals surface area contributed by atoms with E-state index in [0.717, 1.165) is 164 Å². The molecule has 0 N–H and O–H groups in total. The van der Waals surface area contributed by atoms with E-state index >= 15 is 0 Å². The number of ether oxygens (including phenoxy) is 1. The van der Waals surface area contributed by atoms with Crippen molar-refractivity contribution in [1.29, 1.82) is 0 Å². The van der Waals surface area contributed by atoms with E-state index in [0.29, 0.717) is 11.1 Å². The molecule has 0 atom stereocenters. The zero-order valence-electron chi connectivity index (χ0n) is 33.8. The van der Waals surface area contributed by atoms with E-state index in [9.17, 15) is 9.59 Å². The van der Waals surface area contributed by atoms with Crippen molar-refractivity contribution in [1.82, 2.24) is 0 Å². The van der Waals surface area contributed by atoms with Crippen molar-refractivity contribution in [2.45, 2.75) is 210 Å². The highest BCUT2D eigenvalue weighted by Gasteiger charge is 2.30. The smallest absolute Gasteiger partial charge is 0.346 e. The molecular formula is C46H74O3. The molecule has 0 saturated heterocycles. The van der Waals surface area contributed by atoms with Crippen LogP contribution in [-0.2, 0) is 56.1 Å². The molecule has 0 aliphatic rings. The molecule has 3 heteroatoms. The van der Waals surface area contributed by atoms with Crippen LogP contribution in [-0.4, -0.2) is 11.9 Å². The second kappa shape index (κ2) is 23.1. The van der Waals surface area contributed by atoms with Crippen LogP contribution in [0, 0.1) is 13.8 Å². The predicted octanol–water partition coefficient (Wildman–Crippen LogP) is 13.3. The summed E-state index contributed by atoms with van der Waals surface area (Å²) in [4.78, 5) is 29.3. The summed E-state index contributed by atoms with van der Waals surface area (Å²) in [7, 11) is 0. The largest absolute Gasteiger partial charge is 0.386 e. The number of carbonyl (C=O) groups excluding carboxylic acids is 2. The van der Waals surface area contributed by atoms with Gasteiger partial charge in [-0.25, -0.2) is 9.59 Å². The maximum atomic E-state index is 14.6. The Labute approximate surface area is 302 Å². The molecule has 0 aromatic heterocycles. The first-order valence-corrected chi connectivity index (χ1v) is 20.8. The van der Waals surface area contributed by atoms with Crippen LogP contribution in [0.4, 0.5) is 0 Å². The molecular weight excluding hydrogens is 601 g/mol. The van der Waals surface area contributed by atoms with Crippen molar-refractivity contribution >= 4 is 11.9 Å². The SMILES string of the molecule is CCCCc1c(C)c(C(=O)OC(=O)c2c(C)c(CCCC)c(CCC)c(CCCC)c2CCCC)c(CCCC)c(CCCC)c1CCC. The summed E-state index contributed by atoms with van der Waals surface area (Å²) < 4.78 is 6.19. The fourth-order valence-corrected chi connectivity index (χ4v) is 8.03. The Bertz CT molecular complexity index is 1230. The Kier molecular flexibility index (Phi) is 20.2. The average molecular weight is 675 g/mol. The molecule has 2 rings (SSSR count). The summed E-state index contributed by atoms with van der Waals surface area (Å²) in [6.45, 7) is 22.2. The monoisotopic (exact) mass is 675 g/mol. The quantitative estimate of drug-likeness (QED) is 0.0822. The van der Waals surface area contributed by atoms with Gasteiger partial charge in [0.2, 0.25) is 0 Å². The Morgan fingerprint density at radius 3 is 0.857 bits per heavy atom. The van der Waals surface area contributed by atoms with Gasteiger partial charge in [-0.05, 0) is 159 Å². The lowest BCUT2D eigenvalue weighted by atomic mass is 9.80. The maximum Gasteiger partial charge on any atom is 0.346 e. The molecule has 0 radical (unpaired) electrons. The number of hydrogen-bond acceptors (Lipinski definition) is 3. The number of hydrogen-bond donors (Lipinski definition) is 0. The van der Waals surface area contributed by atoms with E-state index in [4.69, 9.17) is 4.74 Å². The minimum absolute atomic E-state index is 0.434. The molecule has 0 spiro atoms. The van der Waals surface area contributed by atoms with Crippen molar-refractivity contribution < 1.29 is 14.3 Å². The second-order valence-electron chi connectivity index (χ2n) is 14.6. The summed E-state index contributed by atoms with van der Waals surface area (Å²) in [6.07, 6.45) is 22.9. The lowest BCUT2D eigenvalue weighted by Crippen LogP contribution is -2.23. The van der Waals surface area contributed by atoms with Gasteiger partial charge in [0.1, 0.15) is 0 Å². The molecule has 0 amide bonds. The first kappa shape index (κ1) is 42.7. The first-order valence-electron chi connectivity index (χ1n) is 20.8. The van der Waals surface area contributed by atoms with Crippen molar-refractivity contribution in [3.63, 3.8) is 0 Å². The molecule has 276 valence electrons. The number of rotatable bonds is 24. The summed E-state index contributed by atoms with van der Waals surface area (Å²) in [6, 6.07) is 0. The van der Waals surface area contributed by atoms with Crippen molar-refractivity contribution in [3.05, 3.63) is 66.8 Å². The standard InChI is InChI=1S/C46H74O3/c1-11-19-27-35-33(9)43(41(31-23-15-5)39(29-21-13-3)37(35)25-17-7)45(47)49-46(48)44-34(10)36(28-20-12-2)38(26-18-8)40(30-22-14-4)42(44)32-24-16-6/h11-32H2,1-10H3. The normalized spacial score (nSPS) is 11.4. The molecule has 2 aromatic rings. The van der Waals surface area contributed by atoms with E-state index in [-0.39, 0.29) is 0 Å². The van der Waals surface area contributed by atoms with E-state index in [1.165, 1.54) is 33.4 Å². The van der Waals surface area contributed by atoms with E-state index in [1.54, 1.807) is 0 Å². The lowest BCUT2D eigenvalue weighted by Gasteiger charge is -2.26. The van der Waals surface area contributed by atoms with Crippen LogP contribution in [0.1, 0.15) is 222 Å². The van der Waals surface area contributed by atoms with Crippen molar-refractivity contribution in [2.75, 3.05) is 0 Å². The molecule has 0 bridgehead atoms. The minimum Gasteiger partial charge on any atom is -0.386 e. The van der Waals surface area contributed by atoms with E-state index < -0.39 is 11.9 Å². The maximum absolute atomic E-state index is 14.6. The Morgan fingerprint density at radius 2 is 0.592 bits per heavy atom. The van der Waals surface area contributed by atoms with Gasteiger partial charge in [-0.2, -0.15) is 0 Å². The Hall–Kier alpha value is -2.42. The van der Waals surface area contributed by atoms with Gasteiger partial charge >= 0.3 is 11.9 Å². The number of carbonyl (C=O) groups is 2. The van der Waals surface area contributed by atoms with Crippen LogP contribution in [0.15, 0.2) is 0 Å². The van der Waals surface area contributed by atoms with Gasteiger partial charge in [0.25, 0.3) is 0 Å². The van der Waals surface area contributed by atoms with Crippen LogP contribution in [0.5, 0.6) is 0 Å². The topological polar surface area (TPSA) is 43.4 Å². The zero-order valence-corrected chi connectivity index (χ0v) is 33.8. The molecule has 49 heavy (non-hydrogen) atoms. The summed E-state index contributed by atoms with van der Waals surface area (Å²) in [5.74, 6) is -0.869. The van der Waals surface area contributed by atoms with Gasteiger partial charge in [-0.1, -0.05) is 107 Å². The third-order valence-electron chi connectivity index (χ3n) is 10.7. The summed E-state index contributed by atoms with van der Waals surface area (Å²) >= 11 is 0. The second-order valence-corrected chi connectivity index (χ2v) is 14.6. The molecule has 0 fully saturated rings. The van der Waals surface area contributed by atoms with E-state index in [1.807, 2.05) is 0 Å². The zero-order chi connectivity index (χ0) is 36.3. The molecule has 2 aromatic carbocycles. The Morgan fingerprint density at radius 1 is 0.347 bits per heavy atom. The number of benzene rings is 2. The van der Waals surface area contributed by atoms with Crippen LogP contribution in [0.2, 0.25) is 0 Å². The number of esters is 2. The minimum atomic E-state index is -0.434. The highest BCUT2D eigenvalue weighted by atomic mass is 16.6. The van der Waals surface area contributed by atoms with Gasteiger partial charge < -0.3 is 4.74 Å². The van der Waals surface area contributed by atoms with Gasteiger partial charge in [0.05, 0.1) is 11.1 Å². The molecule has 0 saturated carbocycles. The fraction of sp³-hybridized carbons (Fsp3) is 0.696. The third-order valence-corrected chi connectivity index (χ3v) is 10.7. The van der Waals surface area contributed by atoms with Crippen LogP contribution >= 0.6 is 0 Å². The van der Waals surface area contributed by atoms with Crippen LogP contribution in [0.25, 0.3) is 0 Å². The summed E-state index contributed by atoms with van der Waals surface area (Å²) in [5.41, 5.74) is 14.2. The van der Waals surface area contributed by atoms with Gasteiger partial charge in [0.15, 0.2) is 0 Å². The van der Waals surface area contributed by atoms with Crippen molar-refractivity contribution in [3.8, 4) is 0 Å². The Balaban J connectivity index is 2.90. The van der Waals surface area contributed by atoms with Gasteiger partial charge in [-0.3, -0.25) is 0 Å². The fourth-order valence-electron chi connectivity index (χ4n) is 8.03. The highest BCUT2D eigenvalue weighted by molar-refractivity contribution is 6.06. The predicted molar refractivity (Wildman–Crippen MR) is 212 cm³/mol. The number of unbranched alkanes of at least 4 members (excludes halogenated alkanes) is 6. The van der Waals surface area contributed by atoms with Crippen LogP contribution in [0.3, 0.4) is 0 Å². The van der Waals surface area contributed by atoms with Crippen LogP contribution < -0.4 is 0 Å². The third kappa shape index (κ3) is 11.3. The van der Waals surface area contributed by atoms with Gasteiger partial charge in [-0.15, -0.1) is 0 Å². The molecule has 0 aliphatic heterocycles. The average Bonchev–Trinajstić information content (AvgIpc) is 3.08. The molecule has 0 heterocycles.